The van der Waals surface area contributed by atoms with Crippen LogP contribution in [0.1, 0.15) is 35.2 Å². The van der Waals surface area contributed by atoms with Crippen molar-refractivity contribution in [2.45, 2.75) is 19.6 Å². The minimum Gasteiger partial charge on any atom is -0.497 e. The molecule has 7 heteroatoms. The average molecular weight is 392 g/mol. The van der Waals surface area contributed by atoms with Gasteiger partial charge >= 0.3 is 0 Å². The second-order valence-corrected chi connectivity index (χ2v) is 6.45. The molecule has 0 aliphatic rings. The van der Waals surface area contributed by atoms with Crippen molar-refractivity contribution < 1.29 is 23.1 Å². The van der Waals surface area contributed by atoms with Gasteiger partial charge in [0, 0.05) is 6.07 Å². The number of oxazole rings is 1. The molecule has 1 unspecified atom stereocenters. The second kappa shape index (κ2) is 8.10. The third kappa shape index (κ3) is 4.24. The highest BCUT2D eigenvalue weighted by Crippen LogP contribution is 2.22. The predicted molar refractivity (Wildman–Crippen MR) is 106 cm³/mol. The van der Waals surface area contributed by atoms with Gasteiger partial charge in [0.2, 0.25) is 5.89 Å². The van der Waals surface area contributed by atoms with Crippen molar-refractivity contribution in [1.82, 2.24) is 10.3 Å². The van der Waals surface area contributed by atoms with Crippen LogP contribution in [0.15, 0.2) is 69.5 Å². The van der Waals surface area contributed by atoms with Crippen molar-refractivity contribution in [3.8, 4) is 11.5 Å². The molecule has 0 fully saturated rings. The van der Waals surface area contributed by atoms with Crippen LogP contribution in [0.25, 0.3) is 11.1 Å². The maximum atomic E-state index is 12.5. The van der Waals surface area contributed by atoms with Crippen LogP contribution in [-0.2, 0) is 6.61 Å². The number of nitrogens with zero attached hydrogens (tertiary/aromatic N) is 1. The quantitative estimate of drug-likeness (QED) is 0.498. The summed E-state index contributed by atoms with van der Waals surface area (Å²) in [5.41, 5.74) is 1.43. The summed E-state index contributed by atoms with van der Waals surface area (Å²) in [4.78, 5) is 16.9. The molecule has 2 heterocycles. The summed E-state index contributed by atoms with van der Waals surface area (Å²) in [6.07, 6.45) is 0. The third-order valence-corrected chi connectivity index (χ3v) is 4.34. The van der Waals surface area contributed by atoms with E-state index in [4.69, 9.17) is 18.3 Å². The van der Waals surface area contributed by atoms with E-state index in [1.54, 1.807) is 32.2 Å². The van der Waals surface area contributed by atoms with Gasteiger partial charge in [-0.25, -0.2) is 4.98 Å². The first-order valence-corrected chi connectivity index (χ1v) is 9.14. The molecule has 0 spiro atoms. The van der Waals surface area contributed by atoms with E-state index in [-0.39, 0.29) is 18.3 Å². The molecule has 1 atom stereocenters. The fraction of sp³-hybridized carbons (Fsp3) is 0.182. The number of ether oxygens (including phenoxy) is 2. The summed E-state index contributed by atoms with van der Waals surface area (Å²) in [5, 5.41) is 2.83. The summed E-state index contributed by atoms with van der Waals surface area (Å²) in [5.74, 6) is 2.16. The van der Waals surface area contributed by atoms with Gasteiger partial charge in [-0.2, -0.15) is 0 Å². The molecule has 0 saturated carbocycles. The monoisotopic (exact) mass is 392 g/mol. The number of hydrogen-bond acceptors (Lipinski definition) is 6. The normalized spacial score (nSPS) is 11.9. The van der Waals surface area contributed by atoms with Gasteiger partial charge in [0.1, 0.15) is 35.4 Å². The van der Waals surface area contributed by atoms with Crippen molar-refractivity contribution in [1.29, 1.82) is 0 Å². The van der Waals surface area contributed by atoms with E-state index in [0.29, 0.717) is 28.7 Å². The lowest BCUT2D eigenvalue weighted by molar-refractivity contribution is 0.0902. The molecule has 0 saturated heterocycles. The van der Waals surface area contributed by atoms with Crippen molar-refractivity contribution in [3.63, 3.8) is 0 Å². The van der Waals surface area contributed by atoms with Crippen LogP contribution in [0.4, 0.5) is 0 Å². The molecule has 1 amide bonds. The van der Waals surface area contributed by atoms with Gasteiger partial charge in [-0.15, -0.1) is 0 Å². The Kier molecular flexibility index (Phi) is 5.20. The maximum Gasteiger partial charge on any atom is 0.287 e. The molecule has 29 heavy (non-hydrogen) atoms. The number of fused-ring (bicyclic) bond motifs is 1. The highest BCUT2D eigenvalue weighted by atomic mass is 16.5. The van der Waals surface area contributed by atoms with Gasteiger partial charge in [0.25, 0.3) is 5.91 Å². The molecule has 0 bridgehead atoms. The molecule has 0 aliphatic heterocycles. The van der Waals surface area contributed by atoms with Gasteiger partial charge in [-0.1, -0.05) is 18.2 Å². The maximum absolute atomic E-state index is 12.5. The summed E-state index contributed by atoms with van der Waals surface area (Å²) in [7, 11) is 1.60. The van der Waals surface area contributed by atoms with Crippen LogP contribution in [0.2, 0.25) is 0 Å². The van der Waals surface area contributed by atoms with Gasteiger partial charge < -0.3 is 23.6 Å². The molecule has 148 valence electrons. The lowest BCUT2D eigenvalue weighted by Gasteiger charge is -2.08. The number of methoxy groups -OCH3 is 1. The molecule has 4 rings (SSSR count). The van der Waals surface area contributed by atoms with E-state index in [2.05, 4.69) is 10.3 Å². The van der Waals surface area contributed by atoms with Crippen LogP contribution in [0, 0.1) is 0 Å². The van der Waals surface area contributed by atoms with E-state index < -0.39 is 6.04 Å². The van der Waals surface area contributed by atoms with Gasteiger partial charge in [-0.05, 0) is 43.3 Å². The van der Waals surface area contributed by atoms with E-state index in [9.17, 15) is 4.79 Å². The van der Waals surface area contributed by atoms with E-state index in [0.717, 1.165) is 5.52 Å². The van der Waals surface area contributed by atoms with Crippen molar-refractivity contribution in [2.75, 3.05) is 7.11 Å². The van der Waals surface area contributed by atoms with E-state index in [1.165, 1.54) is 0 Å². The first-order valence-electron chi connectivity index (χ1n) is 9.14. The number of benzene rings is 2. The van der Waals surface area contributed by atoms with Gasteiger partial charge in [-0.3, -0.25) is 4.79 Å². The van der Waals surface area contributed by atoms with E-state index >= 15 is 0 Å². The number of aromatic nitrogens is 1. The number of para-hydroxylation sites is 2. The van der Waals surface area contributed by atoms with E-state index in [1.807, 2.05) is 42.5 Å². The zero-order chi connectivity index (χ0) is 20.2. The average Bonchev–Trinajstić information content (AvgIpc) is 3.39. The fourth-order valence-electron chi connectivity index (χ4n) is 2.83. The molecule has 7 nitrogen and oxygen atoms in total. The number of rotatable bonds is 7. The summed E-state index contributed by atoms with van der Waals surface area (Å²) in [6.45, 7) is 2.00. The minimum atomic E-state index is -0.406. The lowest BCUT2D eigenvalue weighted by atomic mass is 10.3. The smallest absolute Gasteiger partial charge is 0.287 e. The lowest BCUT2D eigenvalue weighted by Crippen LogP contribution is -2.26. The molecular weight excluding hydrogens is 372 g/mol. The number of carbonyl (C=O) groups excluding carboxylic acids is 1. The van der Waals surface area contributed by atoms with Crippen LogP contribution in [0.5, 0.6) is 11.5 Å². The molecule has 0 radical (unpaired) electrons. The molecule has 2 aromatic heterocycles. The third-order valence-electron chi connectivity index (χ3n) is 4.34. The highest BCUT2D eigenvalue weighted by molar-refractivity contribution is 5.91. The van der Waals surface area contributed by atoms with Crippen LogP contribution in [0.3, 0.4) is 0 Å². The Morgan fingerprint density at radius 1 is 1.07 bits per heavy atom. The summed E-state index contributed by atoms with van der Waals surface area (Å²) >= 11 is 0. The SMILES string of the molecule is COc1cccc(OCc2ccc(C(=O)NC(C)c3nc4ccccc4o3)o2)c1. The number of carbonyl (C=O) groups is 1. The Labute approximate surface area is 167 Å². The molecular formula is C22H20N2O5. The fourth-order valence-corrected chi connectivity index (χ4v) is 2.83. The topological polar surface area (TPSA) is 86.7 Å². The molecule has 0 aliphatic carbocycles. The standard InChI is InChI=1S/C22H20N2O5/c1-14(22-24-18-8-3-4-9-19(18)29-22)23-21(25)20-11-10-17(28-20)13-27-16-7-5-6-15(12-16)26-2/h3-12,14H,13H2,1-2H3,(H,23,25). The number of amides is 1. The number of hydrogen-bond donors (Lipinski definition) is 1. The van der Waals surface area contributed by atoms with Gasteiger partial charge in [0.05, 0.1) is 7.11 Å². The zero-order valence-electron chi connectivity index (χ0n) is 16.0. The van der Waals surface area contributed by atoms with Gasteiger partial charge in [0.15, 0.2) is 11.3 Å². The summed E-state index contributed by atoms with van der Waals surface area (Å²) < 4.78 is 22.1. The Morgan fingerprint density at radius 2 is 1.90 bits per heavy atom. The highest BCUT2D eigenvalue weighted by Gasteiger charge is 2.19. The van der Waals surface area contributed by atoms with Crippen molar-refractivity contribution >= 4 is 17.0 Å². The number of furan rings is 1. The van der Waals surface area contributed by atoms with Crippen molar-refractivity contribution in [2.24, 2.45) is 0 Å². The van der Waals surface area contributed by atoms with Crippen LogP contribution in [-0.4, -0.2) is 18.0 Å². The first kappa shape index (κ1) is 18.6. The van der Waals surface area contributed by atoms with Crippen molar-refractivity contribution in [3.05, 3.63) is 78.1 Å². The van der Waals surface area contributed by atoms with Crippen LogP contribution >= 0.6 is 0 Å². The molecule has 2 aromatic carbocycles. The first-order chi connectivity index (χ1) is 14.1. The minimum absolute atomic E-state index is 0.192. The molecule has 1 N–H and O–H groups in total. The van der Waals surface area contributed by atoms with Crippen LogP contribution < -0.4 is 14.8 Å². The largest absolute Gasteiger partial charge is 0.497 e. The number of nitrogens with one attached hydrogen (secondary N) is 1. The Balaban J connectivity index is 1.37. The predicted octanol–water partition coefficient (Wildman–Crippen LogP) is 4.50. The Morgan fingerprint density at radius 3 is 2.72 bits per heavy atom. The zero-order valence-corrected chi connectivity index (χ0v) is 16.0. The second-order valence-electron chi connectivity index (χ2n) is 6.45. The molecule has 4 aromatic rings. The Hall–Kier alpha value is -3.74. The summed E-state index contributed by atoms with van der Waals surface area (Å²) in [6, 6.07) is 17.6. The Bertz CT molecular complexity index is 1100.